The van der Waals surface area contributed by atoms with Crippen molar-refractivity contribution in [3.05, 3.63) is 60.3 Å². The van der Waals surface area contributed by atoms with E-state index in [1.807, 2.05) is 6.07 Å². The Kier molecular flexibility index (Phi) is 9.04. The van der Waals surface area contributed by atoms with E-state index in [9.17, 15) is 23.1 Å². The monoisotopic (exact) mass is 518 g/mol. The Hall–Kier alpha value is -3.02. The van der Waals surface area contributed by atoms with Crippen molar-refractivity contribution >= 4 is 22.0 Å². The second-order valence-electron chi connectivity index (χ2n) is 9.68. The van der Waals surface area contributed by atoms with Gasteiger partial charge >= 0.3 is 6.09 Å². The number of β-amino-alcohol motifs (C(OH)–C–C–N with tert-alkyl or cyclic N) is 1. The normalized spacial score (nSPS) is 19.6. The third kappa shape index (κ3) is 7.25. The number of sulfonamides is 1. The molecule has 0 spiro atoms. The van der Waals surface area contributed by atoms with Crippen molar-refractivity contribution in [2.75, 3.05) is 13.1 Å². The SMILES string of the molecule is CC(C)(C)OC(=O)NC(Cc1ccccc1)C(=O)N(C1CCCNC[C@@H]1O)S(=O)(=O)c1ccccn1. The van der Waals surface area contributed by atoms with E-state index in [1.165, 1.54) is 18.3 Å². The molecular formula is C25H34N4O6S. The minimum Gasteiger partial charge on any atom is -0.444 e. The molecule has 1 aliphatic heterocycles. The van der Waals surface area contributed by atoms with Crippen LogP contribution < -0.4 is 10.6 Å². The zero-order chi connectivity index (χ0) is 26.3. The van der Waals surface area contributed by atoms with Gasteiger partial charge in [-0.05, 0) is 57.9 Å². The van der Waals surface area contributed by atoms with Crippen LogP contribution in [0, 0.1) is 0 Å². The van der Waals surface area contributed by atoms with Gasteiger partial charge in [0.05, 0.1) is 12.1 Å². The molecule has 0 radical (unpaired) electrons. The van der Waals surface area contributed by atoms with Gasteiger partial charge in [0.2, 0.25) is 0 Å². The van der Waals surface area contributed by atoms with Crippen molar-refractivity contribution in [3.63, 3.8) is 0 Å². The van der Waals surface area contributed by atoms with Gasteiger partial charge in [-0.25, -0.2) is 14.1 Å². The summed E-state index contributed by atoms with van der Waals surface area (Å²) in [6.45, 7) is 5.76. The molecule has 3 N–H and O–H groups in total. The largest absolute Gasteiger partial charge is 0.444 e. The molecule has 2 unspecified atom stereocenters. The highest BCUT2D eigenvalue weighted by atomic mass is 32.2. The number of nitrogens with one attached hydrogen (secondary N) is 2. The number of alkyl carbamates (subject to hydrolysis) is 1. The first-order valence-corrected chi connectivity index (χ1v) is 13.3. The number of carbonyl (C=O) groups excluding carboxylic acids is 2. The maximum atomic E-state index is 14.0. The van der Waals surface area contributed by atoms with E-state index in [1.54, 1.807) is 51.1 Å². The van der Waals surface area contributed by atoms with E-state index < -0.39 is 45.8 Å². The zero-order valence-electron chi connectivity index (χ0n) is 20.8. The van der Waals surface area contributed by atoms with Crippen LogP contribution >= 0.6 is 0 Å². The third-order valence-electron chi connectivity index (χ3n) is 5.60. The minimum absolute atomic E-state index is 0.0220. The Morgan fingerprint density at radius 3 is 2.53 bits per heavy atom. The van der Waals surface area contributed by atoms with E-state index in [2.05, 4.69) is 15.6 Å². The van der Waals surface area contributed by atoms with Gasteiger partial charge in [-0.2, -0.15) is 8.42 Å². The molecule has 0 aliphatic carbocycles. The number of hydrogen-bond acceptors (Lipinski definition) is 8. The number of ether oxygens (including phenoxy) is 1. The predicted octanol–water partition coefficient (Wildman–Crippen LogP) is 1.85. The van der Waals surface area contributed by atoms with Crippen LogP contribution in [0.2, 0.25) is 0 Å². The fraction of sp³-hybridized carbons (Fsp3) is 0.480. The summed E-state index contributed by atoms with van der Waals surface area (Å²) in [6, 6.07) is 11.0. The Morgan fingerprint density at radius 1 is 1.19 bits per heavy atom. The van der Waals surface area contributed by atoms with Crippen molar-refractivity contribution < 1.29 is 27.9 Å². The highest BCUT2D eigenvalue weighted by Crippen LogP contribution is 2.24. The van der Waals surface area contributed by atoms with Crippen LogP contribution in [-0.2, 0) is 26.0 Å². The highest BCUT2D eigenvalue weighted by Gasteiger charge is 2.43. The lowest BCUT2D eigenvalue weighted by atomic mass is 10.0. The van der Waals surface area contributed by atoms with Crippen molar-refractivity contribution in [2.45, 2.75) is 68.8 Å². The van der Waals surface area contributed by atoms with Gasteiger partial charge in [0, 0.05) is 19.2 Å². The summed E-state index contributed by atoms with van der Waals surface area (Å²) >= 11 is 0. The van der Waals surface area contributed by atoms with Gasteiger partial charge < -0.3 is 20.5 Å². The molecule has 3 rings (SSSR count). The average Bonchev–Trinajstić information content (AvgIpc) is 3.03. The molecule has 10 nitrogen and oxygen atoms in total. The number of hydrogen-bond donors (Lipinski definition) is 3. The molecule has 0 bridgehead atoms. The van der Waals surface area contributed by atoms with Gasteiger partial charge in [0.15, 0.2) is 5.03 Å². The fourth-order valence-electron chi connectivity index (χ4n) is 4.00. The topological polar surface area (TPSA) is 138 Å². The van der Waals surface area contributed by atoms with E-state index >= 15 is 0 Å². The van der Waals surface area contributed by atoms with Crippen LogP contribution in [0.3, 0.4) is 0 Å². The first-order chi connectivity index (χ1) is 17.0. The summed E-state index contributed by atoms with van der Waals surface area (Å²) in [5, 5.41) is 16.1. The first kappa shape index (κ1) is 27.6. The molecule has 2 aromatic rings. The second-order valence-corrected chi connectivity index (χ2v) is 11.4. The zero-order valence-corrected chi connectivity index (χ0v) is 21.6. The second kappa shape index (κ2) is 11.8. The first-order valence-electron chi connectivity index (χ1n) is 11.9. The summed E-state index contributed by atoms with van der Waals surface area (Å²) in [5.41, 5.74) is -0.113. The predicted molar refractivity (Wildman–Crippen MR) is 133 cm³/mol. The maximum Gasteiger partial charge on any atom is 0.408 e. The molecule has 36 heavy (non-hydrogen) atoms. The molecule has 196 valence electrons. The molecule has 3 atom stereocenters. The third-order valence-corrected chi connectivity index (χ3v) is 7.34. The summed E-state index contributed by atoms with van der Waals surface area (Å²) < 4.78 is 33.6. The molecule has 1 aliphatic rings. The summed E-state index contributed by atoms with van der Waals surface area (Å²) in [6.07, 6.45) is 0.140. The van der Waals surface area contributed by atoms with Crippen LogP contribution in [0.5, 0.6) is 0 Å². The number of amides is 2. The quantitative estimate of drug-likeness (QED) is 0.505. The molecule has 1 aromatic carbocycles. The Morgan fingerprint density at radius 2 is 1.89 bits per heavy atom. The molecule has 1 saturated heterocycles. The Balaban J connectivity index is 2.05. The molecule has 2 amide bonds. The van der Waals surface area contributed by atoms with Crippen LogP contribution in [0.15, 0.2) is 59.8 Å². The molecule has 1 aromatic heterocycles. The molecule has 11 heteroatoms. The van der Waals surface area contributed by atoms with Crippen molar-refractivity contribution in [1.82, 2.24) is 19.9 Å². The van der Waals surface area contributed by atoms with E-state index in [0.717, 1.165) is 0 Å². The Labute approximate surface area is 212 Å². The Bertz CT molecular complexity index is 1120. The summed E-state index contributed by atoms with van der Waals surface area (Å²) in [7, 11) is -4.46. The number of aliphatic hydroxyl groups excluding tert-OH is 1. The highest BCUT2D eigenvalue weighted by molar-refractivity contribution is 7.89. The van der Waals surface area contributed by atoms with E-state index in [-0.39, 0.29) is 24.4 Å². The van der Waals surface area contributed by atoms with Gasteiger partial charge in [0.1, 0.15) is 11.6 Å². The van der Waals surface area contributed by atoms with Crippen molar-refractivity contribution in [3.8, 4) is 0 Å². The van der Waals surface area contributed by atoms with E-state index in [4.69, 9.17) is 4.74 Å². The molecule has 2 heterocycles. The number of pyridine rings is 1. The van der Waals surface area contributed by atoms with Crippen LogP contribution in [0.4, 0.5) is 4.79 Å². The van der Waals surface area contributed by atoms with Gasteiger partial charge in [0.25, 0.3) is 15.9 Å². The molecule has 1 fully saturated rings. The number of carbonyl (C=O) groups is 2. The lowest BCUT2D eigenvalue weighted by Crippen LogP contribution is -2.58. The number of rotatable bonds is 7. The van der Waals surface area contributed by atoms with Crippen LogP contribution in [0.1, 0.15) is 39.2 Å². The van der Waals surface area contributed by atoms with Crippen molar-refractivity contribution in [2.24, 2.45) is 0 Å². The summed E-state index contributed by atoms with van der Waals surface area (Å²) in [4.78, 5) is 30.7. The standard InChI is InChI=1S/C25H34N4O6S/c1-25(2,3)35-24(32)28-19(16-18-10-5-4-6-11-18)23(31)29(20-12-9-14-26-17-21(20)30)36(33,34)22-13-7-8-15-27-22/h4-8,10-11,13,15,19-21,26,30H,9,12,14,16-17H2,1-3H3,(H,28,32)/t19?,20?,21-/m0/s1. The van der Waals surface area contributed by atoms with Gasteiger partial charge in [-0.15, -0.1) is 0 Å². The average molecular weight is 519 g/mol. The van der Waals surface area contributed by atoms with Crippen LogP contribution in [0.25, 0.3) is 0 Å². The molecular weight excluding hydrogens is 484 g/mol. The lowest BCUT2D eigenvalue weighted by Gasteiger charge is -2.35. The van der Waals surface area contributed by atoms with E-state index in [0.29, 0.717) is 22.8 Å². The molecule has 0 saturated carbocycles. The lowest BCUT2D eigenvalue weighted by molar-refractivity contribution is -0.132. The van der Waals surface area contributed by atoms with Gasteiger partial charge in [-0.3, -0.25) is 4.79 Å². The number of nitrogens with zero attached hydrogens (tertiary/aromatic N) is 2. The fourth-order valence-corrected chi connectivity index (χ4v) is 5.61. The number of benzene rings is 1. The maximum absolute atomic E-state index is 14.0. The minimum atomic E-state index is -4.46. The van der Waals surface area contributed by atoms with Crippen LogP contribution in [-0.4, -0.2) is 71.7 Å². The summed E-state index contributed by atoms with van der Waals surface area (Å²) in [5.74, 6) is -0.874. The number of aromatic nitrogens is 1. The smallest absolute Gasteiger partial charge is 0.408 e. The number of aliphatic hydroxyl groups is 1. The van der Waals surface area contributed by atoms with Gasteiger partial charge in [-0.1, -0.05) is 36.4 Å². The van der Waals surface area contributed by atoms with Crippen molar-refractivity contribution in [1.29, 1.82) is 0 Å².